The molecule has 0 aliphatic carbocycles. The Balaban J connectivity index is 1.29. The maximum Gasteiger partial charge on any atom is 0.220 e. The standard InChI is InChI=1S/C24H30N4O/c1-18-7-6-14-28(16-18)17-20-9-3-2-8-19(20)15-25-24(29)13-12-23-26-21-10-4-5-11-22(21)27-23/h2-5,8-11,18H,6-7,12-17H2,1H3,(H,25,29)(H,26,27). The van der Waals surface area contributed by atoms with E-state index in [2.05, 4.69) is 51.4 Å². The van der Waals surface area contributed by atoms with Gasteiger partial charge in [0.15, 0.2) is 0 Å². The van der Waals surface area contributed by atoms with E-state index in [1.807, 2.05) is 24.3 Å². The first-order chi connectivity index (χ1) is 14.2. The third-order valence-corrected chi connectivity index (χ3v) is 5.76. The summed E-state index contributed by atoms with van der Waals surface area (Å²) in [5.41, 5.74) is 4.50. The zero-order valence-electron chi connectivity index (χ0n) is 17.2. The van der Waals surface area contributed by atoms with Crippen LogP contribution in [0.3, 0.4) is 0 Å². The lowest BCUT2D eigenvalue weighted by molar-refractivity contribution is -0.121. The van der Waals surface area contributed by atoms with E-state index in [1.165, 1.54) is 30.5 Å². The van der Waals surface area contributed by atoms with E-state index >= 15 is 0 Å². The molecule has 2 aromatic carbocycles. The molecule has 5 nitrogen and oxygen atoms in total. The fourth-order valence-corrected chi connectivity index (χ4v) is 4.19. The molecule has 2 N–H and O–H groups in total. The molecule has 1 unspecified atom stereocenters. The molecule has 0 spiro atoms. The van der Waals surface area contributed by atoms with Gasteiger partial charge >= 0.3 is 0 Å². The molecule has 1 aliphatic rings. The highest BCUT2D eigenvalue weighted by Crippen LogP contribution is 2.19. The summed E-state index contributed by atoms with van der Waals surface area (Å²) in [6.45, 7) is 6.22. The van der Waals surface area contributed by atoms with Crippen LogP contribution in [0.25, 0.3) is 11.0 Å². The van der Waals surface area contributed by atoms with Crippen LogP contribution in [0.4, 0.5) is 0 Å². The Morgan fingerprint density at radius 3 is 2.79 bits per heavy atom. The van der Waals surface area contributed by atoms with Gasteiger partial charge < -0.3 is 10.3 Å². The van der Waals surface area contributed by atoms with E-state index in [-0.39, 0.29) is 5.91 Å². The first kappa shape index (κ1) is 19.6. The van der Waals surface area contributed by atoms with Gasteiger partial charge in [-0.3, -0.25) is 9.69 Å². The highest BCUT2D eigenvalue weighted by atomic mass is 16.1. The maximum absolute atomic E-state index is 12.4. The van der Waals surface area contributed by atoms with Crippen LogP contribution in [0, 0.1) is 5.92 Å². The molecule has 0 radical (unpaired) electrons. The lowest BCUT2D eigenvalue weighted by Crippen LogP contribution is -2.34. The number of H-pyrrole nitrogens is 1. The molecule has 1 aliphatic heterocycles. The van der Waals surface area contributed by atoms with Gasteiger partial charge in [-0.15, -0.1) is 0 Å². The van der Waals surface area contributed by atoms with Crippen LogP contribution in [0.5, 0.6) is 0 Å². The van der Waals surface area contributed by atoms with Crippen LogP contribution in [-0.2, 0) is 24.3 Å². The van der Waals surface area contributed by atoms with Crippen molar-refractivity contribution in [3.8, 4) is 0 Å². The number of rotatable bonds is 7. The Morgan fingerprint density at radius 1 is 1.17 bits per heavy atom. The number of hydrogen-bond donors (Lipinski definition) is 2. The lowest BCUT2D eigenvalue weighted by atomic mass is 9.99. The molecule has 152 valence electrons. The molecule has 1 atom stereocenters. The molecule has 1 amide bonds. The first-order valence-electron chi connectivity index (χ1n) is 10.7. The van der Waals surface area contributed by atoms with E-state index in [0.29, 0.717) is 19.4 Å². The zero-order valence-corrected chi connectivity index (χ0v) is 17.2. The van der Waals surface area contributed by atoms with Crippen LogP contribution in [0.15, 0.2) is 48.5 Å². The van der Waals surface area contributed by atoms with E-state index in [0.717, 1.165) is 35.9 Å². The van der Waals surface area contributed by atoms with Gasteiger partial charge in [-0.05, 0) is 48.6 Å². The second-order valence-electron chi connectivity index (χ2n) is 8.23. The Bertz CT molecular complexity index is 931. The number of amides is 1. The third-order valence-electron chi connectivity index (χ3n) is 5.76. The number of carbonyl (C=O) groups excluding carboxylic acids is 1. The molecule has 0 saturated carbocycles. The van der Waals surface area contributed by atoms with Gasteiger partial charge in [0.25, 0.3) is 0 Å². The number of likely N-dealkylation sites (tertiary alicyclic amines) is 1. The minimum absolute atomic E-state index is 0.0619. The van der Waals surface area contributed by atoms with Gasteiger partial charge in [0.2, 0.25) is 5.91 Å². The Hall–Kier alpha value is -2.66. The second kappa shape index (κ2) is 9.23. The van der Waals surface area contributed by atoms with Gasteiger partial charge in [0.05, 0.1) is 11.0 Å². The number of carbonyl (C=O) groups is 1. The fourth-order valence-electron chi connectivity index (χ4n) is 4.19. The largest absolute Gasteiger partial charge is 0.352 e. The quantitative estimate of drug-likeness (QED) is 0.640. The minimum Gasteiger partial charge on any atom is -0.352 e. The average molecular weight is 391 g/mol. The average Bonchev–Trinajstić information content (AvgIpc) is 3.15. The molecule has 1 fully saturated rings. The molecule has 29 heavy (non-hydrogen) atoms. The van der Waals surface area contributed by atoms with Crippen molar-refractivity contribution in [3.63, 3.8) is 0 Å². The predicted octanol–water partition coefficient (Wildman–Crippen LogP) is 4.04. The smallest absolute Gasteiger partial charge is 0.220 e. The molecule has 5 heteroatoms. The highest BCUT2D eigenvalue weighted by molar-refractivity contribution is 5.77. The summed E-state index contributed by atoms with van der Waals surface area (Å²) in [5, 5.41) is 3.09. The minimum atomic E-state index is 0.0619. The maximum atomic E-state index is 12.4. The van der Waals surface area contributed by atoms with E-state index in [9.17, 15) is 4.79 Å². The number of para-hydroxylation sites is 2. The number of aromatic nitrogens is 2. The van der Waals surface area contributed by atoms with Gasteiger partial charge in [0.1, 0.15) is 5.82 Å². The molecule has 1 saturated heterocycles. The SMILES string of the molecule is CC1CCCN(Cc2ccccc2CNC(=O)CCc2nc3ccccc3[nH]2)C1. The summed E-state index contributed by atoms with van der Waals surface area (Å²) < 4.78 is 0. The number of benzene rings is 2. The first-order valence-corrected chi connectivity index (χ1v) is 10.7. The summed E-state index contributed by atoms with van der Waals surface area (Å²) >= 11 is 0. The van der Waals surface area contributed by atoms with Crippen LogP contribution in [0.1, 0.15) is 43.1 Å². The Kier molecular flexibility index (Phi) is 6.25. The zero-order chi connectivity index (χ0) is 20.1. The number of fused-ring (bicyclic) bond motifs is 1. The summed E-state index contributed by atoms with van der Waals surface area (Å²) in [6.07, 6.45) is 3.67. The monoisotopic (exact) mass is 390 g/mol. The number of nitrogens with one attached hydrogen (secondary N) is 2. The normalized spacial score (nSPS) is 17.5. The van der Waals surface area contributed by atoms with E-state index < -0.39 is 0 Å². The number of piperidine rings is 1. The van der Waals surface area contributed by atoms with Gasteiger partial charge in [-0.2, -0.15) is 0 Å². The molecule has 1 aromatic heterocycles. The molecule has 4 rings (SSSR count). The third kappa shape index (κ3) is 5.24. The number of nitrogens with zero attached hydrogens (tertiary/aromatic N) is 2. The van der Waals surface area contributed by atoms with Crippen LogP contribution in [0.2, 0.25) is 0 Å². The van der Waals surface area contributed by atoms with Crippen LogP contribution in [-0.4, -0.2) is 33.9 Å². The Morgan fingerprint density at radius 2 is 1.97 bits per heavy atom. The summed E-state index contributed by atoms with van der Waals surface area (Å²) in [7, 11) is 0. The van der Waals surface area contributed by atoms with Crippen molar-refractivity contribution in [1.82, 2.24) is 20.2 Å². The molecule has 3 aromatic rings. The van der Waals surface area contributed by atoms with Gasteiger partial charge in [0, 0.05) is 32.5 Å². The number of aryl methyl sites for hydroxylation is 1. The van der Waals surface area contributed by atoms with E-state index in [1.54, 1.807) is 0 Å². The van der Waals surface area contributed by atoms with Crippen molar-refractivity contribution in [2.75, 3.05) is 13.1 Å². The summed E-state index contributed by atoms with van der Waals surface area (Å²) in [4.78, 5) is 22.8. The van der Waals surface area contributed by atoms with Crippen molar-refractivity contribution < 1.29 is 4.79 Å². The van der Waals surface area contributed by atoms with Gasteiger partial charge in [-0.25, -0.2) is 4.98 Å². The summed E-state index contributed by atoms with van der Waals surface area (Å²) in [6, 6.07) is 16.4. The topological polar surface area (TPSA) is 61.0 Å². The van der Waals surface area contributed by atoms with Crippen molar-refractivity contribution in [1.29, 1.82) is 0 Å². The predicted molar refractivity (Wildman–Crippen MR) is 116 cm³/mol. The highest BCUT2D eigenvalue weighted by Gasteiger charge is 2.17. The summed E-state index contributed by atoms with van der Waals surface area (Å²) in [5.74, 6) is 1.70. The number of aromatic amines is 1. The molecule has 2 heterocycles. The molecular weight excluding hydrogens is 360 g/mol. The van der Waals surface area contributed by atoms with Crippen molar-refractivity contribution >= 4 is 16.9 Å². The van der Waals surface area contributed by atoms with Crippen molar-refractivity contribution in [2.24, 2.45) is 5.92 Å². The van der Waals surface area contributed by atoms with Crippen LogP contribution < -0.4 is 5.32 Å². The van der Waals surface area contributed by atoms with Crippen LogP contribution >= 0.6 is 0 Å². The number of hydrogen-bond acceptors (Lipinski definition) is 3. The number of imidazole rings is 1. The molecular formula is C24H30N4O. The van der Waals surface area contributed by atoms with E-state index in [4.69, 9.17) is 0 Å². The molecule has 0 bridgehead atoms. The van der Waals surface area contributed by atoms with Crippen molar-refractivity contribution in [2.45, 2.75) is 45.7 Å². The second-order valence-corrected chi connectivity index (χ2v) is 8.23. The van der Waals surface area contributed by atoms with Crippen molar-refractivity contribution in [3.05, 3.63) is 65.5 Å². The van der Waals surface area contributed by atoms with Gasteiger partial charge in [-0.1, -0.05) is 43.3 Å². The lowest BCUT2D eigenvalue weighted by Gasteiger charge is -2.31. The Labute approximate surface area is 172 Å². The fraction of sp³-hybridized carbons (Fsp3) is 0.417.